The van der Waals surface area contributed by atoms with Crippen molar-refractivity contribution in [2.45, 2.75) is 44.7 Å². The minimum absolute atomic E-state index is 0.193. The number of rotatable bonds is 6. The first-order valence-electron chi connectivity index (χ1n) is 12.2. The molecule has 176 valence electrons. The second-order valence-electron chi connectivity index (χ2n) is 9.69. The summed E-state index contributed by atoms with van der Waals surface area (Å²) in [7, 11) is 0. The van der Waals surface area contributed by atoms with Crippen molar-refractivity contribution in [2.75, 3.05) is 0 Å². The van der Waals surface area contributed by atoms with Crippen molar-refractivity contribution in [1.82, 2.24) is 15.5 Å². The lowest BCUT2D eigenvalue weighted by molar-refractivity contribution is -0.145. The summed E-state index contributed by atoms with van der Waals surface area (Å²) in [5, 5.41) is 17.0. The van der Waals surface area contributed by atoms with Crippen molar-refractivity contribution in [1.29, 1.82) is 0 Å². The van der Waals surface area contributed by atoms with Gasteiger partial charge in [0, 0.05) is 23.2 Å². The molecule has 1 unspecified atom stereocenters. The van der Waals surface area contributed by atoms with Crippen LogP contribution in [-0.2, 0) is 11.2 Å². The highest BCUT2D eigenvalue weighted by Crippen LogP contribution is 2.37. The number of aryl methyl sites for hydroxylation is 2. The lowest BCUT2D eigenvalue weighted by Gasteiger charge is -2.35. The van der Waals surface area contributed by atoms with Crippen molar-refractivity contribution < 1.29 is 14.4 Å². The van der Waals surface area contributed by atoms with Gasteiger partial charge in [-0.25, -0.2) is 0 Å². The first-order valence-corrected chi connectivity index (χ1v) is 12.2. The molecule has 6 nitrogen and oxygen atoms in total. The Labute approximate surface area is 204 Å². The molecule has 2 aliphatic rings. The minimum Gasteiger partial charge on any atom is -0.481 e. The van der Waals surface area contributed by atoms with E-state index < -0.39 is 5.97 Å². The molecular formula is C29H27N3O3. The van der Waals surface area contributed by atoms with Crippen molar-refractivity contribution in [3.8, 4) is 34.0 Å². The van der Waals surface area contributed by atoms with E-state index in [4.69, 9.17) is 9.63 Å². The quantitative estimate of drug-likeness (QED) is 0.373. The Morgan fingerprint density at radius 1 is 1.00 bits per heavy atom. The molecule has 1 fully saturated rings. The number of nitrogens with one attached hydrogen (secondary N) is 1. The Hall–Kier alpha value is -3.77. The van der Waals surface area contributed by atoms with Gasteiger partial charge in [0.15, 0.2) is 0 Å². The maximum Gasteiger partial charge on any atom is 0.306 e. The van der Waals surface area contributed by atoms with Crippen LogP contribution in [0.4, 0.5) is 0 Å². The zero-order chi connectivity index (χ0) is 23.9. The number of hydrogen-bond acceptors (Lipinski definition) is 5. The molecule has 2 aliphatic carbocycles. The summed E-state index contributed by atoms with van der Waals surface area (Å²) in [5.74, 6) is 0.232. The molecule has 6 heteroatoms. The number of hydrogen-bond donors (Lipinski definition) is 2. The number of carboxylic acid groups (broad SMARTS) is 1. The van der Waals surface area contributed by atoms with Gasteiger partial charge in [-0.1, -0.05) is 53.7 Å². The summed E-state index contributed by atoms with van der Waals surface area (Å²) >= 11 is 0. The standard InChI is InChI=1S/C29H27N3O3/c1-17-13-21(8-10-24(17)18-5-3-2-4-6-18)28-31-27(32-35-28)20-7-11-25-19(14-20)9-12-26(25)30-23-15-22(16-23)29(33)34/h2-8,10-11,13-14,22-23,26,30H,9,12,15-16H2,1H3,(H,33,34). The Morgan fingerprint density at radius 3 is 2.57 bits per heavy atom. The molecule has 0 bridgehead atoms. The molecule has 35 heavy (non-hydrogen) atoms. The first kappa shape index (κ1) is 21.7. The third-order valence-electron chi connectivity index (χ3n) is 7.39. The molecule has 6 rings (SSSR count). The molecule has 0 radical (unpaired) electrons. The van der Waals surface area contributed by atoms with E-state index in [-0.39, 0.29) is 12.0 Å². The van der Waals surface area contributed by atoms with Gasteiger partial charge in [0.1, 0.15) is 0 Å². The van der Waals surface area contributed by atoms with Crippen molar-refractivity contribution >= 4 is 5.97 Å². The summed E-state index contributed by atoms with van der Waals surface area (Å²) in [6, 6.07) is 23.5. The molecule has 3 aromatic carbocycles. The molecular weight excluding hydrogens is 438 g/mol. The number of benzene rings is 3. The third-order valence-corrected chi connectivity index (χ3v) is 7.39. The van der Waals surface area contributed by atoms with E-state index in [0.717, 1.165) is 42.4 Å². The summed E-state index contributed by atoms with van der Waals surface area (Å²) < 4.78 is 5.63. The van der Waals surface area contributed by atoms with Crippen LogP contribution in [0.1, 0.15) is 42.0 Å². The van der Waals surface area contributed by atoms with Crippen LogP contribution >= 0.6 is 0 Å². The average Bonchev–Trinajstić information content (AvgIpc) is 3.48. The van der Waals surface area contributed by atoms with Crippen LogP contribution in [0.3, 0.4) is 0 Å². The van der Waals surface area contributed by atoms with E-state index in [1.165, 1.54) is 22.3 Å². The molecule has 0 saturated heterocycles. The molecule has 1 atom stereocenters. The van der Waals surface area contributed by atoms with Crippen molar-refractivity contribution in [3.05, 3.63) is 83.4 Å². The van der Waals surface area contributed by atoms with E-state index in [0.29, 0.717) is 17.8 Å². The topological polar surface area (TPSA) is 88.2 Å². The van der Waals surface area contributed by atoms with E-state index in [2.05, 4.69) is 64.8 Å². The van der Waals surface area contributed by atoms with Crippen LogP contribution in [0.5, 0.6) is 0 Å². The predicted octanol–water partition coefficient (Wildman–Crippen LogP) is 5.82. The summed E-state index contributed by atoms with van der Waals surface area (Å²) in [6.45, 7) is 2.10. The minimum atomic E-state index is -0.679. The molecule has 2 N–H and O–H groups in total. The zero-order valence-electron chi connectivity index (χ0n) is 19.6. The van der Waals surface area contributed by atoms with Crippen LogP contribution < -0.4 is 5.32 Å². The van der Waals surface area contributed by atoms with Crippen molar-refractivity contribution in [2.24, 2.45) is 5.92 Å². The molecule has 1 heterocycles. The second kappa shape index (κ2) is 8.78. The number of fused-ring (bicyclic) bond motifs is 1. The van der Waals surface area contributed by atoms with Crippen LogP contribution in [0.2, 0.25) is 0 Å². The number of aliphatic carboxylic acids is 1. The zero-order valence-corrected chi connectivity index (χ0v) is 19.6. The van der Waals surface area contributed by atoms with Gasteiger partial charge in [-0.2, -0.15) is 4.98 Å². The molecule has 0 spiro atoms. The smallest absolute Gasteiger partial charge is 0.306 e. The fourth-order valence-electron chi connectivity index (χ4n) is 5.37. The molecule has 1 aromatic heterocycles. The monoisotopic (exact) mass is 465 g/mol. The van der Waals surface area contributed by atoms with E-state index in [1.54, 1.807) is 0 Å². The van der Waals surface area contributed by atoms with E-state index in [1.807, 2.05) is 24.3 Å². The molecule has 1 saturated carbocycles. The van der Waals surface area contributed by atoms with Gasteiger partial charge in [-0.15, -0.1) is 0 Å². The largest absolute Gasteiger partial charge is 0.481 e. The number of nitrogens with zero attached hydrogens (tertiary/aromatic N) is 2. The number of carbonyl (C=O) groups is 1. The van der Waals surface area contributed by atoms with Gasteiger partial charge >= 0.3 is 5.97 Å². The van der Waals surface area contributed by atoms with Gasteiger partial charge < -0.3 is 14.9 Å². The van der Waals surface area contributed by atoms with Crippen molar-refractivity contribution in [3.63, 3.8) is 0 Å². The SMILES string of the molecule is Cc1cc(-c2nc(-c3ccc4c(c3)CCC4NC3CC(C(=O)O)C3)no2)ccc1-c1ccccc1. The summed E-state index contributed by atoms with van der Waals surface area (Å²) in [5.41, 5.74) is 7.99. The fourth-order valence-corrected chi connectivity index (χ4v) is 5.37. The van der Waals surface area contributed by atoms with Gasteiger partial charge in [-0.3, -0.25) is 4.79 Å². The summed E-state index contributed by atoms with van der Waals surface area (Å²) in [6.07, 6.45) is 3.45. The maximum absolute atomic E-state index is 11.1. The number of aromatic nitrogens is 2. The highest BCUT2D eigenvalue weighted by atomic mass is 16.5. The van der Waals surface area contributed by atoms with Gasteiger partial charge in [0.25, 0.3) is 5.89 Å². The van der Waals surface area contributed by atoms with Gasteiger partial charge in [-0.05, 0) is 78.6 Å². The second-order valence-corrected chi connectivity index (χ2v) is 9.69. The summed E-state index contributed by atoms with van der Waals surface area (Å²) in [4.78, 5) is 15.8. The third kappa shape index (κ3) is 4.15. The first-order chi connectivity index (χ1) is 17.0. The van der Waals surface area contributed by atoms with Gasteiger partial charge in [0.2, 0.25) is 5.82 Å². The normalized spacial score (nSPS) is 20.9. The molecule has 0 amide bonds. The van der Waals surface area contributed by atoms with E-state index >= 15 is 0 Å². The highest BCUT2D eigenvalue weighted by molar-refractivity contribution is 5.72. The Bertz CT molecular complexity index is 1390. The Balaban J connectivity index is 1.18. The Morgan fingerprint density at radius 2 is 1.80 bits per heavy atom. The van der Waals surface area contributed by atoms with Gasteiger partial charge in [0.05, 0.1) is 5.92 Å². The average molecular weight is 466 g/mol. The number of carboxylic acids is 1. The van der Waals surface area contributed by atoms with Crippen LogP contribution in [0.15, 0.2) is 71.3 Å². The van der Waals surface area contributed by atoms with Crippen LogP contribution in [0, 0.1) is 12.8 Å². The predicted molar refractivity (Wildman–Crippen MR) is 134 cm³/mol. The molecule has 0 aliphatic heterocycles. The highest BCUT2D eigenvalue weighted by Gasteiger charge is 2.36. The maximum atomic E-state index is 11.1. The van der Waals surface area contributed by atoms with E-state index in [9.17, 15) is 4.79 Å². The Kier molecular flexibility index (Phi) is 5.46. The lowest BCUT2D eigenvalue weighted by atomic mass is 9.80. The fraction of sp³-hybridized carbons (Fsp3) is 0.276. The lowest BCUT2D eigenvalue weighted by Crippen LogP contribution is -2.45. The molecule has 4 aromatic rings. The van der Waals surface area contributed by atoms with Crippen LogP contribution in [0.25, 0.3) is 34.0 Å². The van der Waals surface area contributed by atoms with Crippen LogP contribution in [-0.4, -0.2) is 27.3 Å².